The van der Waals surface area contributed by atoms with Crippen molar-refractivity contribution < 1.29 is 4.79 Å². The molecule has 0 bridgehead atoms. The maximum atomic E-state index is 13.4. The van der Waals surface area contributed by atoms with E-state index in [2.05, 4.69) is 31.9 Å². The van der Waals surface area contributed by atoms with Crippen molar-refractivity contribution in [1.29, 1.82) is 5.26 Å². The van der Waals surface area contributed by atoms with E-state index in [1.165, 1.54) is 11.8 Å². The van der Waals surface area contributed by atoms with E-state index in [1.54, 1.807) is 4.90 Å². The normalized spacial score (nSPS) is 14.2. The third-order valence-corrected chi connectivity index (χ3v) is 6.86. The topological polar surface area (TPSA) is 90.6 Å². The van der Waals surface area contributed by atoms with Crippen LogP contribution in [0.4, 0.5) is 5.69 Å². The number of rotatable bonds is 8. The summed E-state index contributed by atoms with van der Waals surface area (Å²) in [6.07, 6.45) is 4.43. The maximum Gasteiger partial charge on any atom is 0.240 e. The van der Waals surface area contributed by atoms with E-state index >= 15 is 0 Å². The van der Waals surface area contributed by atoms with Gasteiger partial charge < -0.3 is 9.88 Å². The van der Waals surface area contributed by atoms with Gasteiger partial charge in [-0.15, -0.1) is 10.2 Å². The highest BCUT2D eigenvalue weighted by Crippen LogP contribution is 2.43. The van der Waals surface area contributed by atoms with Gasteiger partial charge in [0.1, 0.15) is 0 Å². The Balaban J connectivity index is 1.43. The zero-order valence-electron chi connectivity index (χ0n) is 18.3. The molecule has 2 aromatic carbocycles. The van der Waals surface area contributed by atoms with Crippen LogP contribution in [0.15, 0.2) is 66.0 Å². The molecule has 0 spiro atoms. The molecule has 0 radical (unpaired) electrons. The quantitative estimate of drug-likeness (QED) is 0.369. The Morgan fingerprint density at radius 2 is 1.97 bits per heavy atom. The molecule has 1 fully saturated rings. The van der Waals surface area contributed by atoms with Crippen molar-refractivity contribution in [1.82, 2.24) is 19.7 Å². The van der Waals surface area contributed by atoms with Gasteiger partial charge in [0.05, 0.1) is 17.7 Å². The Kier molecular flexibility index (Phi) is 5.88. The van der Waals surface area contributed by atoms with Crippen molar-refractivity contribution in [2.24, 2.45) is 0 Å². The highest BCUT2D eigenvalue weighted by atomic mass is 32.2. The van der Waals surface area contributed by atoms with Gasteiger partial charge in [-0.3, -0.25) is 9.36 Å². The summed E-state index contributed by atoms with van der Waals surface area (Å²) in [6, 6.07) is 20.2. The molecular formula is C25H24N6OS. The van der Waals surface area contributed by atoms with Crippen LogP contribution >= 0.6 is 11.8 Å². The van der Waals surface area contributed by atoms with Crippen molar-refractivity contribution in [2.75, 3.05) is 11.4 Å². The fourth-order valence-electron chi connectivity index (χ4n) is 4.02. The minimum Gasteiger partial charge on any atom is -0.360 e. The van der Waals surface area contributed by atoms with Crippen molar-refractivity contribution in [2.45, 2.75) is 42.6 Å². The van der Waals surface area contributed by atoms with Crippen LogP contribution in [0, 0.1) is 11.3 Å². The number of H-pyrrole nitrogens is 1. The summed E-state index contributed by atoms with van der Waals surface area (Å²) in [5.74, 6) is 0.793. The standard InChI is InChI=1S/C25H24N6OS/c1-17(24(32)30(15-7-14-26)18-8-3-2-4-9-18)33-25-29-28-23(31(25)19-12-13-19)21-16-27-22-11-6-5-10-20(21)22/h2-6,8-11,16-17,19,27H,7,12-13,15H2,1H3. The summed E-state index contributed by atoms with van der Waals surface area (Å²) in [5.41, 5.74) is 2.88. The molecule has 2 aromatic heterocycles. The van der Waals surface area contributed by atoms with E-state index in [0.717, 1.165) is 46.0 Å². The average molecular weight is 457 g/mol. The van der Waals surface area contributed by atoms with E-state index in [4.69, 9.17) is 5.26 Å². The number of aromatic nitrogens is 4. The molecule has 5 rings (SSSR count). The molecule has 166 valence electrons. The van der Waals surface area contributed by atoms with Gasteiger partial charge in [-0.2, -0.15) is 5.26 Å². The van der Waals surface area contributed by atoms with Crippen molar-refractivity contribution in [3.05, 3.63) is 60.8 Å². The number of anilines is 1. The van der Waals surface area contributed by atoms with E-state index in [9.17, 15) is 4.79 Å². The summed E-state index contributed by atoms with van der Waals surface area (Å²) in [6.45, 7) is 2.26. The van der Waals surface area contributed by atoms with E-state index in [1.807, 2.05) is 61.7 Å². The number of carbonyl (C=O) groups is 1. The number of para-hydroxylation sites is 2. The first-order chi connectivity index (χ1) is 16.2. The van der Waals surface area contributed by atoms with Crippen LogP contribution in [-0.2, 0) is 4.79 Å². The van der Waals surface area contributed by atoms with E-state index < -0.39 is 0 Å². The lowest BCUT2D eigenvalue weighted by Crippen LogP contribution is -2.37. The Morgan fingerprint density at radius 1 is 1.21 bits per heavy atom. The fourth-order valence-corrected chi connectivity index (χ4v) is 5.01. The third-order valence-electron chi connectivity index (χ3n) is 5.82. The largest absolute Gasteiger partial charge is 0.360 e. The SMILES string of the molecule is CC(Sc1nnc(-c2c[nH]c3ccccc23)n1C1CC1)C(=O)N(CCC#N)c1ccccc1. The molecule has 8 heteroatoms. The molecule has 1 N–H and O–H groups in total. The summed E-state index contributed by atoms with van der Waals surface area (Å²) in [7, 11) is 0. The number of hydrogen-bond acceptors (Lipinski definition) is 5. The molecule has 1 unspecified atom stereocenters. The molecule has 1 aliphatic carbocycles. The highest BCUT2D eigenvalue weighted by molar-refractivity contribution is 8.00. The Hall–Kier alpha value is -3.57. The van der Waals surface area contributed by atoms with Gasteiger partial charge in [-0.1, -0.05) is 48.2 Å². The van der Waals surface area contributed by atoms with Crippen LogP contribution in [0.2, 0.25) is 0 Å². The second-order valence-corrected chi connectivity index (χ2v) is 9.46. The molecule has 33 heavy (non-hydrogen) atoms. The second-order valence-electron chi connectivity index (χ2n) is 8.15. The van der Waals surface area contributed by atoms with E-state index in [0.29, 0.717) is 12.6 Å². The minimum absolute atomic E-state index is 0.0413. The summed E-state index contributed by atoms with van der Waals surface area (Å²) in [4.78, 5) is 18.4. The Labute approximate surface area is 196 Å². The zero-order chi connectivity index (χ0) is 22.8. The number of carbonyl (C=O) groups excluding carboxylic acids is 1. The molecule has 7 nitrogen and oxygen atoms in total. The van der Waals surface area contributed by atoms with Crippen molar-refractivity contribution in [3.8, 4) is 17.5 Å². The maximum absolute atomic E-state index is 13.4. The predicted octanol–water partition coefficient (Wildman–Crippen LogP) is 5.19. The minimum atomic E-state index is -0.374. The van der Waals surface area contributed by atoms with Crippen molar-refractivity contribution in [3.63, 3.8) is 0 Å². The zero-order valence-corrected chi connectivity index (χ0v) is 19.1. The first kappa shape index (κ1) is 21.3. The third kappa shape index (κ3) is 4.24. The fraction of sp³-hybridized carbons (Fsp3) is 0.280. The van der Waals surface area contributed by atoms with Crippen LogP contribution in [0.5, 0.6) is 0 Å². The molecule has 2 heterocycles. The summed E-state index contributed by atoms with van der Waals surface area (Å²) in [5, 5.41) is 19.6. The number of nitrogens with one attached hydrogen (secondary N) is 1. The lowest BCUT2D eigenvalue weighted by molar-refractivity contribution is -0.117. The van der Waals surface area contributed by atoms with Crippen LogP contribution in [0.1, 0.15) is 32.2 Å². The lowest BCUT2D eigenvalue weighted by Gasteiger charge is -2.25. The number of fused-ring (bicyclic) bond motifs is 1. The van der Waals surface area contributed by atoms with Crippen LogP contribution in [-0.4, -0.2) is 37.5 Å². The van der Waals surface area contributed by atoms with E-state index in [-0.39, 0.29) is 17.6 Å². The van der Waals surface area contributed by atoms with Gasteiger partial charge in [0.25, 0.3) is 0 Å². The Bertz CT molecular complexity index is 1320. The number of hydrogen-bond donors (Lipinski definition) is 1. The van der Waals surface area contributed by atoms with Gasteiger partial charge >= 0.3 is 0 Å². The predicted molar refractivity (Wildman–Crippen MR) is 130 cm³/mol. The smallest absolute Gasteiger partial charge is 0.240 e. The highest BCUT2D eigenvalue weighted by Gasteiger charge is 2.33. The summed E-state index contributed by atoms with van der Waals surface area (Å²) < 4.78 is 2.19. The molecule has 4 aromatic rings. The molecule has 0 saturated heterocycles. The number of benzene rings is 2. The average Bonchev–Trinajstić information content (AvgIpc) is 3.46. The molecule has 1 atom stereocenters. The number of amides is 1. The molecule has 0 aliphatic heterocycles. The van der Waals surface area contributed by atoms with Gasteiger partial charge in [0.2, 0.25) is 5.91 Å². The number of aromatic amines is 1. The van der Waals surface area contributed by atoms with Crippen LogP contribution < -0.4 is 4.90 Å². The molecule has 1 aliphatic rings. The van der Waals surface area contributed by atoms with Crippen LogP contribution in [0.25, 0.3) is 22.3 Å². The molecule has 1 amide bonds. The van der Waals surface area contributed by atoms with Crippen molar-refractivity contribution >= 4 is 34.3 Å². The first-order valence-corrected chi connectivity index (χ1v) is 12.0. The van der Waals surface area contributed by atoms with Gasteiger partial charge in [0.15, 0.2) is 11.0 Å². The second kappa shape index (κ2) is 9.12. The molecular weight excluding hydrogens is 432 g/mol. The Morgan fingerprint density at radius 3 is 2.73 bits per heavy atom. The molecule has 1 saturated carbocycles. The van der Waals surface area contributed by atoms with Gasteiger partial charge in [-0.05, 0) is 38.0 Å². The summed E-state index contributed by atoms with van der Waals surface area (Å²) >= 11 is 1.43. The van der Waals surface area contributed by atoms with Gasteiger partial charge in [-0.25, -0.2) is 0 Å². The number of nitrogens with zero attached hydrogens (tertiary/aromatic N) is 5. The number of nitriles is 1. The first-order valence-electron chi connectivity index (χ1n) is 11.1. The van der Waals surface area contributed by atoms with Crippen LogP contribution in [0.3, 0.4) is 0 Å². The monoisotopic (exact) mass is 456 g/mol. The van der Waals surface area contributed by atoms with Gasteiger partial charge in [0, 0.05) is 40.9 Å². The number of thioether (sulfide) groups is 1. The lowest BCUT2D eigenvalue weighted by atomic mass is 10.1.